The highest BCUT2D eigenvalue weighted by molar-refractivity contribution is 7.81. The number of fused-ring (bicyclic) bond motifs is 1. The van der Waals surface area contributed by atoms with Gasteiger partial charge in [-0.15, -0.1) is 0 Å². The second kappa shape index (κ2) is 4.84. The molecule has 19 heavy (non-hydrogen) atoms. The van der Waals surface area contributed by atoms with Crippen molar-refractivity contribution in [1.29, 1.82) is 0 Å². The van der Waals surface area contributed by atoms with Crippen LogP contribution in [-0.2, 0) is 28.2 Å². The minimum absolute atomic E-state index is 0.0516. The lowest BCUT2D eigenvalue weighted by atomic mass is 10.1. The first-order chi connectivity index (χ1) is 9.05. The average Bonchev–Trinajstić information content (AvgIpc) is 2.40. The van der Waals surface area contributed by atoms with E-state index in [1.807, 2.05) is 30.3 Å². The standard InChI is InChI=1S/C12H14O6S/c1-8-11-10(7-15-19(13,14)18-11)17-12(16-8)9-5-3-2-4-6-9/h2-6,8,10-12H,7H2,1H3/t8?,10-,11?,12?/m0/s1. The third kappa shape index (κ3) is 2.65. The number of ether oxygens (including phenoxy) is 2. The summed E-state index contributed by atoms with van der Waals surface area (Å²) in [5.41, 5.74) is 0.876. The van der Waals surface area contributed by atoms with Crippen LogP contribution in [0.3, 0.4) is 0 Å². The van der Waals surface area contributed by atoms with Gasteiger partial charge in [-0.05, 0) is 6.92 Å². The summed E-state index contributed by atoms with van der Waals surface area (Å²) in [4.78, 5) is 0. The summed E-state index contributed by atoms with van der Waals surface area (Å²) in [6.45, 7) is 1.71. The minimum atomic E-state index is -3.93. The molecule has 0 spiro atoms. The number of benzene rings is 1. The monoisotopic (exact) mass is 286 g/mol. The molecule has 0 bridgehead atoms. The zero-order chi connectivity index (χ0) is 13.5. The van der Waals surface area contributed by atoms with Gasteiger partial charge in [0.05, 0.1) is 12.7 Å². The van der Waals surface area contributed by atoms with Crippen molar-refractivity contribution < 1.29 is 26.3 Å². The van der Waals surface area contributed by atoms with Gasteiger partial charge in [-0.2, -0.15) is 8.42 Å². The highest BCUT2D eigenvalue weighted by atomic mass is 32.3. The molecule has 0 radical (unpaired) electrons. The predicted octanol–water partition coefficient (Wildman–Crippen LogP) is 1.15. The predicted molar refractivity (Wildman–Crippen MR) is 64.3 cm³/mol. The van der Waals surface area contributed by atoms with Crippen LogP contribution in [0.4, 0.5) is 0 Å². The maximum atomic E-state index is 11.2. The van der Waals surface area contributed by atoms with Crippen LogP contribution >= 0.6 is 0 Å². The fraction of sp³-hybridized carbons (Fsp3) is 0.500. The maximum Gasteiger partial charge on any atom is 0.400 e. The van der Waals surface area contributed by atoms with Gasteiger partial charge in [-0.25, -0.2) is 8.37 Å². The molecule has 3 rings (SSSR count). The van der Waals surface area contributed by atoms with Crippen molar-refractivity contribution in [2.24, 2.45) is 0 Å². The van der Waals surface area contributed by atoms with Gasteiger partial charge < -0.3 is 9.47 Å². The lowest BCUT2D eigenvalue weighted by Gasteiger charge is -2.41. The molecule has 7 heteroatoms. The Kier molecular flexibility index (Phi) is 3.32. The van der Waals surface area contributed by atoms with Gasteiger partial charge in [0.2, 0.25) is 0 Å². The Balaban J connectivity index is 1.79. The van der Waals surface area contributed by atoms with Crippen LogP contribution < -0.4 is 0 Å². The van der Waals surface area contributed by atoms with Gasteiger partial charge in [0.25, 0.3) is 0 Å². The largest absolute Gasteiger partial charge is 0.400 e. The molecular formula is C12H14O6S. The average molecular weight is 286 g/mol. The van der Waals surface area contributed by atoms with Crippen molar-refractivity contribution in [1.82, 2.24) is 0 Å². The second-order valence-corrected chi connectivity index (χ2v) is 5.76. The molecule has 2 fully saturated rings. The number of rotatable bonds is 1. The summed E-state index contributed by atoms with van der Waals surface area (Å²) in [5.74, 6) is 0. The van der Waals surface area contributed by atoms with Gasteiger partial charge in [-0.1, -0.05) is 30.3 Å². The zero-order valence-electron chi connectivity index (χ0n) is 10.3. The van der Waals surface area contributed by atoms with Crippen molar-refractivity contribution in [2.45, 2.75) is 31.5 Å². The van der Waals surface area contributed by atoms with E-state index in [9.17, 15) is 8.42 Å². The Labute approximate surface area is 111 Å². The fourth-order valence-electron chi connectivity index (χ4n) is 2.20. The Morgan fingerprint density at radius 2 is 1.89 bits per heavy atom. The molecule has 2 heterocycles. The van der Waals surface area contributed by atoms with Gasteiger partial charge in [-0.3, -0.25) is 0 Å². The van der Waals surface area contributed by atoms with Crippen molar-refractivity contribution in [3.05, 3.63) is 35.9 Å². The van der Waals surface area contributed by atoms with Crippen molar-refractivity contribution in [3.8, 4) is 0 Å². The number of hydrogen-bond acceptors (Lipinski definition) is 6. The molecule has 1 aromatic rings. The van der Waals surface area contributed by atoms with Crippen LogP contribution in [0.15, 0.2) is 30.3 Å². The first-order valence-electron chi connectivity index (χ1n) is 5.99. The first-order valence-corrected chi connectivity index (χ1v) is 7.32. The summed E-state index contributed by atoms with van der Waals surface area (Å²) in [7, 11) is -3.93. The van der Waals surface area contributed by atoms with Crippen LogP contribution in [-0.4, -0.2) is 33.3 Å². The Bertz CT molecular complexity index is 543. The normalized spacial score (nSPS) is 37.5. The van der Waals surface area contributed by atoms with E-state index in [0.29, 0.717) is 0 Å². The van der Waals surface area contributed by atoms with Gasteiger partial charge in [0.1, 0.15) is 12.2 Å². The molecule has 104 valence electrons. The number of hydrogen-bond donors (Lipinski definition) is 0. The van der Waals surface area contributed by atoms with Crippen LogP contribution in [0.1, 0.15) is 18.8 Å². The summed E-state index contributed by atoms with van der Waals surface area (Å²) < 4.78 is 43.4. The molecule has 6 nitrogen and oxygen atoms in total. The summed E-state index contributed by atoms with van der Waals surface area (Å²) >= 11 is 0. The molecule has 0 N–H and O–H groups in total. The molecule has 0 amide bonds. The van der Waals surface area contributed by atoms with Gasteiger partial charge in [0, 0.05) is 5.56 Å². The van der Waals surface area contributed by atoms with Gasteiger partial charge in [0.15, 0.2) is 6.29 Å². The second-order valence-electron chi connectivity index (χ2n) is 4.51. The molecule has 4 atom stereocenters. The third-order valence-corrected chi connectivity index (χ3v) is 4.03. The summed E-state index contributed by atoms with van der Waals surface area (Å²) in [6.07, 6.45) is -2.07. The van der Waals surface area contributed by atoms with E-state index in [-0.39, 0.29) is 6.61 Å². The lowest BCUT2D eigenvalue weighted by Crippen LogP contribution is -2.53. The lowest BCUT2D eigenvalue weighted by molar-refractivity contribution is -0.291. The Hall–Kier alpha value is -0.990. The SMILES string of the molecule is CC1OC(c2ccccc2)O[C@H]2COS(=O)(=O)OC12. The molecular weight excluding hydrogens is 272 g/mol. The molecule has 0 aliphatic carbocycles. The molecule has 2 saturated heterocycles. The van der Waals surface area contributed by atoms with E-state index in [4.69, 9.17) is 13.7 Å². The summed E-state index contributed by atoms with van der Waals surface area (Å²) in [5, 5.41) is 0. The topological polar surface area (TPSA) is 71.1 Å². The molecule has 1 aromatic carbocycles. The van der Waals surface area contributed by atoms with Crippen LogP contribution in [0.5, 0.6) is 0 Å². The Morgan fingerprint density at radius 3 is 2.63 bits per heavy atom. The highest BCUT2D eigenvalue weighted by Crippen LogP contribution is 2.34. The fourth-order valence-corrected chi connectivity index (χ4v) is 3.11. The highest BCUT2D eigenvalue weighted by Gasteiger charge is 2.45. The van der Waals surface area contributed by atoms with Crippen LogP contribution in [0, 0.1) is 0 Å². The first kappa shape index (κ1) is 13.0. The Morgan fingerprint density at radius 1 is 1.16 bits per heavy atom. The zero-order valence-corrected chi connectivity index (χ0v) is 11.1. The smallest absolute Gasteiger partial charge is 0.343 e. The van der Waals surface area contributed by atoms with Crippen molar-refractivity contribution in [2.75, 3.05) is 6.61 Å². The molecule has 0 saturated carbocycles. The van der Waals surface area contributed by atoms with Crippen LogP contribution in [0.2, 0.25) is 0 Å². The minimum Gasteiger partial charge on any atom is -0.343 e. The van der Waals surface area contributed by atoms with E-state index >= 15 is 0 Å². The molecule has 2 aliphatic heterocycles. The van der Waals surface area contributed by atoms with Crippen molar-refractivity contribution in [3.63, 3.8) is 0 Å². The van der Waals surface area contributed by atoms with E-state index in [0.717, 1.165) is 5.56 Å². The van der Waals surface area contributed by atoms with Crippen LogP contribution in [0.25, 0.3) is 0 Å². The molecule has 3 unspecified atom stereocenters. The van der Waals surface area contributed by atoms with E-state index in [2.05, 4.69) is 4.18 Å². The molecule has 0 aromatic heterocycles. The van der Waals surface area contributed by atoms with E-state index in [1.165, 1.54) is 0 Å². The van der Waals surface area contributed by atoms with Gasteiger partial charge >= 0.3 is 10.4 Å². The van der Waals surface area contributed by atoms with E-state index < -0.39 is 35.0 Å². The third-order valence-electron chi connectivity index (χ3n) is 3.14. The quantitative estimate of drug-likeness (QED) is 0.771. The maximum absolute atomic E-state index is 11.2. The van der Waals surface area contributed by atoms with E-state index in [1.54, 1.807) is 6.92 Å². The van der Waals surface area contributed by atoms with Crippen molar-refractivity contribution >= 4 is 10.4 Å². The summed E-state index contributed by atoms with van der Waals surface area (Å²) in [6, 6.07) is 9.45. The molecule has 2 aliphatic rings.